The number of alkyl halides is 3. The molecule has 0 aliphatic rings. The molecule has 3 rings (SSSR count). The SMILES string of the molecule is CC(NC(=S)Nc1ccc(NC(=O)c2cscn2)cc1)c1cc(C(F)(F)F)ccc1F. The van der Waals surface area contributed by atoms with E-state index in [4.69, 9.17) is 12.2 Å². The zero-order valence-corrected chi connectivity index (χ0v) is 17.6. The lowest BCUT2D eigenvalue weighted by Crippen LogP contribution is -2.31. The van der Waals surface area contributed by atoms with E-state index in [0.29, 0.717) is 23.1 Å². The first kappa shape index (κ1) is 22.6. The quantitative estimate of drug-likeness (QED) is 0.336. The Bertz CT molecular complexity index is 1070. The molecule has 1 unspecified atom stereocenters. The number of aromatic nitrogens is 1. The van der Waals surface area contributed by atoms with Crippen LogP contribution in [0.4, 0.5) is 28.9 Å². The van der Waals surface area contributed by atoms with Crippen LogP contribution in [0.1, 0.15) is 34.6 Å². The van der Waals surface area contributed by atoms with Crippen molar-refractivity contribution in [2.75, 3.05) is 10.6 Å². The molecule has 0 saturated heterocycles. The number of carbonyl (C=O) groups excluding carboxylic acids is 1. The third-order valence-corrected chi connectivity index (χ3v) is 5.01. The van der Waals surface area contributed by atoms with E-state index in [1.807, 2.05) is 0 Å². The van der Waals surface area contributed by atoms with Gasteiger partial charge in [-0.1, -0.05) is 0 Å². The summed E-state index contributed by atoms with van der Waals surface area (Å²) in [7, 11) is 0. The van der Waals surface area contributed by atoms with Gasteiger partial charge in [-0.25, -0.2) is 9.37 Å². The predicted molar refractivity (Wildman–Crippen MR) is 116 cm³/mol. The number of rotatable bonds is 5. The monoisotopic (exact) mass is 468 g/mol. The highest BCUT2D eigenvalue weighted by molar-refractivity contribution is 7.80. The van der Waals surface area contributed by atoms with Crippen LogP contribution in [0, 0.1) is 5.82 Å². The van der Waals surface area contributed by atoms with Crippen molar-refractivity contribution in [1.29, 1.82) is 0 Å². The van der Waals surface area contributed by atoms with E-state index in [9.17, 15) is 22.4 Å². The van der Waals surface area contributed by atoms with Gasteiger partial charge >= 0.3 is 6.18 Å². The van der Waals surface area contributed by atoms with Gasteiger partial charge in [-0.3, -0.25) is 4.79 Å². The van der Waals surface area contributed by atoms with E-state index in [-0.39, 0.29) is 16.6 Å². The van der Waals surface area contributed by atoms with Crippen LogP contribution in [0.15, 0.2) is 53.4 Å². The number of anilines is 2. The van der Waals surface area contributed by atoms with Crippen molar-refractivity contribution in [3.8, 4) is 0 Å². The standard InChI is InChI=1S/C20H16F4N4OS2/c1-11(15-8-12(20(22,23)24)2-7-16(15)21)26-19(30)28-14-5-3-13(4-6-14)27-18(29)17-9-31-10-25-17/h2-11H,1H3,(H,27,29)(H2,26,28,30). The number of halogens is 4. The number of thiazole rings is 1. The van der Waals surface area contributed by atoms with Crippen LogP contribution in [-0.4, -0.2) is 16.0 Å². The fraction of sp³-hybridized carbons (Fsp3) is 0.150. The van der Waals surface area contributed by atoms with Gasteiger partial charge in [-0.2, -0.15) is 13.2 Å². The number of amides is 1. The van der Waals surface area contributed by atoms with Gasteiger partial charge in [0, 0.05) is 22.3 Å². The van der Waals surface area contributed by atoms with Crippen LogP contribution < -0.4 is 16.0 Å². The third kappa shape index (κ3) is 5.98. The minimum atomic E-state index is -4.57. The van der Waals surface area contributed by atoms with Gasteiger partial charge < -0.3 is 16.0 Å². The van der Waals surface area contributed by atoms with Crippen LogP contribution in [0.5, 0.6) is 0 Å². The zero-order valence-electron chi connectivity index (χ0n) is 16.0. The van der Waals surface area contributed by atoms with Crippen molar-refractivity contribution in [3.63, 3.8) is 0 Å². The van der Waals surface area contributed by atoms with Crippen molar-refractivity contribution in [3.05, 3.63) is 76.0 Å². The zero-order chi connectivity index (χ0) is 22.6. The predicted octanol–water partition coefficient (Wildman–Crippen LogP) is 5.60. The largest absolute Gasteiger partial charge is 0.416 e. The second-order valence-electron chi connectivity index (χ2n) is 6.46. The molecule has 1 aromatic heterocycles. The van der Waals surface area contributed by atoms with E-state index < -0.39 is 23.6 Å². The van der Waals surface area contributed by atoms with E-state index >= 15 is 0 Å². The average Bonchev–Trinajstić information content (AvgIpc) is 3.24. The average molecular weight is 469 g/mol. The molecule has 3 aromatic rings. The van der Waals surface area contributed by atoms with Crippen molar-refractivity contribution < 1.29 is 22.4 Å². The van der Waals surface area contributed by atoms with Crippen LogP contribution in [0.2, 0.25) is 0 Å². The smallest absolute Gasteiger partial charge is 0.356 e. The first-order valence-corrected chi connectivity index (χ1v) is 10.2. The minimum absolute atomic E-state index is 0.101. The Kier molecular flexibility index (Phi) is 6.86. The summed E-state index contributed by atoms with van der Waals surface area (Å²) in [5.41, 5.74) is 1.89. The lowest BCUT2D eigenvalue weighted by Gasteiger charge is -2.19. The van der Waals surface area contributed by atoms with Gasteiger partial charge in [0.2, 0.25) is 0 Å². The molecule has 0 fully saturated rings. The molecular formula is C20H16F4N4OS2. The third-order valence-electron chi connectivity index (χ3n) is 4.20. The molecule has 2 aromatic carbocycles. The number of thiocarbonyl (C=S) groups is 1. The maximum atomic E-state index is 14.0. The second kappa shape index (κ2) is 9.40. The maximum Gasteiger partial charge on any atom is 0.416 e. The molecule has 0 aliphatic carbocycles. The fourth-order valence-corrected chi connectivity index (χ4v) is 3.48. The molecule has 0 saturated carbocycles. The van der Waals surface area contributed by atoms with Crippen molar-refractivity contribution in [1.82, 2.24) is 10.3 Å². The molecule has 11 heteroatoms. The summed E-state index contributed by atoms with van der Waals surface area (Å²) in [5, 5.41) is 10.1. The number of hydrogen-bond acceptors (Lipinski definition) is 4. The molecule has 1 amide bonds. The summed E-state index contributed by atoms with van der Waals surface area (Å²) in [6.07, 6.45) is -4.57. The Hall–Kier alpha value is -3.05. The highest BCUT2D eigenvalue weighted by Crippen LogP contribution is 2.31. The van der Waals surface area contributed by atoms with Crippen LogP contribution in [0.25, 0.3) is 0 Å². The summed E-state index contributed by atoms with van der Waals surface area (Å²) >= 11 is 6.49. The van der Waals surface area contributed by atoms with Gasteiger partial charge in [0.25, 0.3) is 5.91 Å². The summed E-state index contributed by atoms with van der Waals surface area (Å²) in [5.74, 6) is -1.10. The maximum absolute atomic E-state index is 14.0. The number of benzene rings is 2. The Morgan fingerprint density at radius 1 is 1.10 bits per heavy atom. The van der Waals surface area contributed by atoms with E-state index in [2.05, 4.69) is 20.9 Å². The van der Waals surface area contributed by atoms with Gasteiger partial charge in [0.05, 0.1) is 17.1 Å². The molecule has 1 heterocycles. The Balaban J connectivity index is 1.60. The Morgan fingerprint density at radius 2 is 1.74 bits per heavy atom. The number of nitrogens with one attached hydrogen (secondary N) is 3. The Morgan fingerprint density at radius 3 is 2.32 bits per heavy atom. The van der Waals surface area contributed by atoms with Crippen molar-refractivity contribution >= 4 is 45.9 Å². The second-order valence-corrected chi connectivity index (χ2v) is 7.59. The molecule has 0 radical (unpaired) electrons. The number of nitrogens with zero attached hydrogens (tertiary/aromatic N) is 1. The molecule has 3 N–H and O–H groups in total. The molecule has 0 bridgehead atoms. The van der Waals surface area contributed by atoms with E-state index in [1.165, 1.54) is 18.3 Å². The highest BCUT2D eigenvalue weighted by Gasteiger charge is 2.31. The van der Waals surface area contributed by atoms with Crippen molar-refractivity contribution in [2.45, 2.75) is 19.1 Å². The number of hydrogen-bond donors (Lipinski definition) is 3. The van der Waals surface area contributed by atoms with Gasteiger partial charge in [-0.15, -0.1) is 11.3 Å². The molecule has 0 aliphatic heterocycles. The first-order valence-electron chi connectivity index (χ1n) is 8.87. The minimum Gasteiger partial charge on any atom is -0.356 e. The lowest BCUT2D eigenvalue weighted by molar-refractivity contribution is -0.137. The summed E-state index contributed by atoms with van der Waals surface area (Å²) < 4.78 is 52.7. The molecule has 1 atom stereocenters. The highest BCUT2D eigenvalue weighted by atomic mass is 32.1. The topological polar surface area (TPSA) is 66.0 Å². The molecule has 0 spiro atoms. The summed E-state index contributed by atoms with van der Waals surface area (Å²) in [6, 6.07) is 8.02. The van der Waals surface area contributed by atoms with Gasteiger partial charge in [0.15, 0.2) is 5.11 Å². The van der Waals surface area contributed by atoms with E-state index in [1.54, 1.807) is 35.2 Å². The Labute approximate surface area is 184 Å². The normalized spacial score (nSPS) is 12.2. The van der Waals surface area contributed by atoms with Crippen LogP contribution >= 0.6 is 23.6 Å². The van der Waals surface area contributed by atoms with Crippen LogP contribution in [-0.2, 0) is 6.18 Å². The molecule has 5 nitrogen and oxygen atoms in total. The fourth-order valence-electron chi connectivity index (χ4n) is 2.65. The van der Waals surface area contributed by atoms with Crippen LogP contribution in [0.3, 0.4) is 0 Å². The lowest BCUT2D eigenvalue weighted by atomic mass is 10.0. The number of carbonyl (C=O) groups is 1. The summed E-state index contributed by atoms with van der Waals surface area (Å²) in [6.45, 7) is 1.50. The van der Waals surface area contributed by atoms with Gasteiger partial charge in [-0.05, 0) is 61.6 Å². The molecule has 31 heavy (non-hydrogen) atoms. The molecule has 162 valence electrons. The molecular weight excluding hydrogens is 452 g/mol. The van der Waals surface area contributed by atoms with Crippen molar-refractivity contribution in [2.24, 2.45) is 0 Å². The van der Waals surface area contributed by atoms with Gasteiger partial charge in [0.1, 0.15) is 11.5 Å². The first-order chi connectivity index (χ1) is 14.6. The van der Waals surface area contributed by atoms with E-state index in [0.717, 1.165) is 12.1 Å². The summed E-state index contributed by atoms with van der Waals surface area (Å²) in [4.78, 5) is 15.9.